The molecule has 0 saturated carbocycles. The molecule has 1 aromatic rings. The number of esters is 1. The zero-order chi connectivity index (χ0) is 12.1. The zero-order valence-electron chi connectivity index (χ0n) is 9.04. The van der Waals surface area contributed by atoms with Gasteiger partial charge in [-0.15, -0.1) is 0 Å². The molecule has 86 valence electrons. The lowest BCUT2D eigenvalue weighted by molar-refractivity contribution is -0.139. The molecule has 0 aliphatic rings. The quantitative estimate of drug-likeness (QED) is 0.782. The second-order valence-corrected chi connectivity index (χ2v) is 3.28. The van der Waals surface area contributed by atoms with Crippen molar-refractivity contribution in [2.45, 2.75) is 6.92 Å². The van der Waals surface area contributed by atoms with Gasteiger partial charge in [0, 0.05) is 5.56 Å². The molecule has 0 unspecified atom stereocenters. The van der Waals surface area contributed by atoms with Crippen LogP contribution in [0.2, 0.25) is 0 Å². The van der Waals surface area contributed by atoms with E-state index in [0.29, 0.717) is 5.56 Å². The van der Waals surface area contributed by atoms with E-state index in [-0.39, 0.29) is 12.1 Å². The van der Waals surface area contributed by atoms with Crippen molar-refractivity contribution in [3.8, 4) is 0 Å². The predicted molar refractivity (Wildman–Crippen MR) is 55.5 cm³/mol. The van der Waals surface area contributed by atoms with Gasteiger partial charge < -0.3 is 10.1 Å². The third-order valence-corrected chi connectivity index (χ3v) is 1.93. The van der Waals surface area contributed by atoms with E-state index in [9.17, 15) is 14.0 Å². The highest BCUT2D eigenvalue weighted by atomic mass is 19.1. The van der Waals surface area contributed by atoms with E-state index in [0.717, 1.165) is 6.07 Å². The van der Waals surface area contributed by atoms with Crippen LogP contribution in [-0.2, 0) is 9.53 Å². The first-order valence-electron chi connectivity index (χ1n) is 4.65. The minimum Gasteiger partial charge on any atom is -0.468 e. The molecule has 0 aliphatic carbocycles. The molecule has 0 saturated heterocycles. The van der Waals surface area contributed by atoms with E-state index in [1.54, 1.807) is 6.92 Å². The molecular weight excluding hydrogens is 213 g/mol. The Labute approximate surface area is 92.4 Å². The zero-order valence-corrected chi connectivity index (χ0v) is 9.04. The van der Waals surface area contributed by atoms with Crippen LogP contribution >= 0.6 is 0 Å². The molecular formula is C11H12FNO3. The van der Waals surface area contributed by atoms with E-state index < -0.39 is 17.7 Å². The van der Waals surface area contributed by atoms with Crippen LogP contribution in [0.1, 0.15) is 15.9 Å². The lowest BCUT2D eigenvalue weighted by Crippen LogP contribution is -2.30. The molecule has 0 aliphatic heterocycles. The van der Waals surface area contributed by atoms with Gasteiger partial charge in [0.05, 0.1) is 7.11 Å². The number of halogens is 1. The Morgan fingerprint density at radius 1 is 1.38 bits per heavy atom. The van der Waals surface area contributed by atoms with Gasteiger partial charge in [0.2, 0.25) is 0 Å². The lowest BCUT2D eigenvalue weighted by Gasteiger charge is -2.04. The lowest BCUT2D eigenvalue weighted by atomic mass is 10.1. The molecule has 0 atom stereocenters. The van der Waals surface area contributed by atoms with E-state index in [2.05, 4.69) is 10.1 Å². The summed E-state index contributed by atoms with van der Waals surface area (Å²) >= 11 is 0. The number of aryl methyl sites for hydroxylation is 1. The van der Waals surface area contributed by atoms with E-state index in [4.69, 9.17) is 0 Å². The minimum absolute atomic E-state index is 0.182. The first kappa shape index (κ1) is 12.2. The van der Waals surface area contributed by atoms with Gasteiger partial charge in [0.1, 0.15) is 12.4 Å². The largest absolute Gasteiger partial charge is 0.468 e. The number of benzene rings is 1. The molecule has 0 bridgehead atoms. The molecule has 0 aromatic heterocycles. The minimum atomic E-state index is -0.554. The number of carbonyl (C=O) groups excluding carboxylic acids is 2. The summed E-state index contributed by atoms with van der Waals surface area (Å²) in [5, 5.41) is 2.32. The Bertz CT molecular complexity index is 397. The summed E-state index contributed by atoms with van der Waals surface area (Å²) in [6, 6.07) is 3.96. The summed E-state index contributed by atoms with van der Waals surface area (Å²) in [6.45, 7) is 1.45. The summed E-state index contributed by atoms with van der Waals surface area (Å²) in [4.78, 5) is 22.3. The molecule has 0 fully saturated rings. The normalized spacial score (nSPS) is 9.69. The first-order chi connectivity index (χ1) is 7.52. The molecule has 1 aromatic carbocycles. The van der Waals surface area contributed by atoms with Gasteiger partial charge in [-0.25, -0.2) is 4.39 Å². The van der Waals surface area contributed by atoms with Gasteiger partial charge in [0.15, 0.2) is 0 Å². The Morgan fingerprint density at radius 3 is 2.62 bits per heavy atom. The molecule has 0 spiro atoms. The average molecular weight is 225 g/mol. The van der Waals surface area contributed by atoms with Crippen LogP contribution in [0, 0.1) is 12.7 Å². The van der Waals surface area contributed by atoms with Gasteiger partial charge in [-0.2, -0.15) is 0 Å². The van der Waals surface area contributed by atoms with Crippen molar-refractivity contribution in [3.63, 3.8) is 0 Å². The van der Waals surface area contributed by atoms with Crippen LogP contribution in [0.15, 0.2) is 18.2 Å². The summed E-state index contributed by atoms with van der Waals surface area (Å²) in [6.07, 6.45) is 0. The van der Waals surface area contributed by atoms with E-state index >= 15 is 0 Å². The Morgan fingerprint density at radius 2 is 2.06 bits per heavy atom. The van der Waals surface area contributed by atoms with Gasteiger partial charge in [-0.05, 0) is 30.7 Å². The number of rotatable bonds is 3. The predicted octanol–water partition coefficient (Wildman–Crippen LogP) is 1.04. The smallest absolute Gasteiger partial charge is 0.325 e. The summed E-state index contributed by atoms with van der Waals surface area (Å²) in [5.74, 6) is -1.54. The number of nitrogens with one attached hydrogen (secondary N) is 1. The molecule has 16 heavy (non-hydrogen) atoms. The highest BCUT2D eigenvalue weighted by Crippen LogP contribution is 2.07. The molecule has 1 N–H and O–H groups in total. The summed E-state index contributed by atoms with van der Waals surface area (Å²) in [7, 11) is 1.22. The van der Waals surface area contributed by atoms with Crippen LogP contribution in [0.25, 0.3) is 0 Å². The second kappa shape index (κ2) is 5.25. The van der Waals surface area contributed by atoms with E-state index in [1.165, 1.54) is 19.2 Å². The molecule has 0 radical (unpaired) electrons. The van der Waals surface area contributed by atoms with Gasteiger partial charge >= 0.3 is 5.97 Å². The number of carbonyl (C=O) groups is 2. The van der Waals surface area contributed by atoms with Crippen molar-refractivity contribution in [2.24, 2.45) is 0 Å². The van der Waals surface area contributed by atoms with Gasteiger partial charge in [-0.1, -0.05) is 0 Å². The van der Waals surface area contributed by atoms with Crippen molar-refractivity contribution in [3.05, 3.63) is 35.1 Å². The number of hydrogen-bond acceptors (Lipinski definition) is 3. The fourth-order valence-corrected chi connectivity index (χ4v) is 1.19. The van der Waals surface area contributed by atoms with Crippen LogP contribution in [0.5, 0.6) is 0 Å². The van der Waals surface area contributed by atoms with Crippen LogP contribution in [0.4, 0.5) is 4.39 Å². The van der Waals surface area contributed by atoms with Gasteiger partial charge in [-0.3, -0.25) is 9.59 Å². The Kier molecular flexibility index (Phi) is 3.99. The molecule has 5 heteroatoms. The van der Waals surface area contributed by atoms with E-state index in [1.807, 2.05) is 0 Å². The highest BCUT2D eigenvalue weighted by molar-refractivity contribution is 5.96. The maximum absolute atomic E-state index is 13.0. The molecule has 4 nitrogen and oxygen atoms in total. The van der Waals surface area contributed by atoms with Crippen molar-refractivity contribution in [2.75, 3.05) is 13.7 Å². The number of methoxy groups -OCH3 is 1. The van der Waals surface area contributed by atoms with Crippen molar-refractivity contribution in [1.29, 1.82) is 0 Å². The number of ether oxygens (including phenoxy) is 1. The maximum atomic E-state index is 13.0. The van der Waals surface area contributed by atoms with Crippen LogP contribution in [0.3, 0.4) is 0 Å². The number of amides is 1. The summed E-state index contributed by atoms with van der Waals surface area (Å²) in [5.41, 5.74) is 0.824. The fourth-order valence-electron chi connectivity index (χ4n) is 1.19. The average Bonchev–Trinajstić information content (AvgIpc) is 2.23. The SMILES string of the molecule is COC(=O)CNC(=O)c1cc(C)cc(F)c1. The van der Waals surface area contributed by atoms with Crippen molar-refractivity contribution >= 4 is 11.9 Å². The molecule has 1 amide bonds. The molecule has 1 rings (SSSR count). The monoisotopic (exact) mass is 225 g/mol. The van der Waals surface area contributed by atoms with Gasteiger partial charge in [0.25, 0.3) is 5.91 Å². The Balaban J connectivity index is 2.69. The topological polar surface area (TPSA) is 55.4 Å². The number of hydrogen-bond donors (Lipinski definition) is 1. The molecule has 0 heterocycles. The van der Waals surface area contributed by atoms with Crippen LogP contribution < -0.4 is 5.32 Å². The summed E-state index contributed by atoms with van der Waals surface area (Å²) < 4.78 is 17.3. The maximum Gasteiger partial charge on any atom is 0.325 e. The third-order valence-electron chi connectivity index (χ3n) is 1.93. The fraction of sp³-hybridized carbons (Fsp3) is 0.273. The van der Waals surface area contributed by atoms with Crippen molar-refractivity contribution < 1.29 is 18.7 Å². The first-order valence-corrected chi connectivity index (χ1v) is 4.65. The van der Waals surface area contributed by atoms with Crippen molar-refractivity contribution in [1.82, 2.24) is 5.32 Å². The Hall–Kier alpha value is -1.91. The highest BCUT2D eigenvalue weighted by Gasteiger charge is 2.09. The standard InChI is InChI=1S/C11H12FNO3/c1-7-3-8(5-9(12)4-7)11(15)13-6-10(14)16-2/h3-5H,6H2,1-2H3,(H,13,15). The third kappa shape index (κ3) is 3.34. The second-order valence-electron chi connectivity index (χ2n) is 3.28. The van der Waals surface area contributed by atoms with Crippen LogP contribution in [-0.4, -0.2) is 25.5 Å².